The lowest BCUT2D eigenvalue weighted by atomic mass is 9.77. The van der Waals surface area contributed by atoms with Crippen molar-refractivity contribution in [2.75, 3.05) is 0 Å². The zero-order valence-corrected chi connectivity index (χ0v) is 18.0. The average molecular weight is 362 g/mol. The van der Waals surface area contributed by atoms with E-state index in [1.165, 1.54) is 8.96 Å². The first kappa shape index (κ1) is 19.4. The van der Waals surface area contributed by atoms with Gasteiger partial charge in [0.25, 0.3) is 0 Å². The fourth-order valence-corrected chi connectivity index (χ4v) is 5.85. The van der Waals surface area contributed by atoms with Crippen LogP contribution in [-0.4, -0.2) is 21.6 Å². The van der Waals surface area contributed by atoms with Crippen LogP contribution < -0.4 is 0 Å². The Morgan fingerprint density at radius 2 is 1.54 bits per heavy atom. The Kier molecular flexibility index (Phi) is 3.97. The fourth-order valence-electron chi connectivity index (χ4n) is 5.85. The Labute approximate surface area is 157 Å². The summed E-state index contributed by atoms with van der Waals surface area (Å²) in [5.41, 5.74) is 6.13. The number of fused-ring (bicyclic) bond motifs is 1. The van der Waals surface area contributed by atoms with Gasteiger partial charge in [-0.1, -0.05) is 41.5 Å². The van der Waals surface area contributed by atoms with Crippen molar-refractivity contribution >= 4 is 12.7 Å². The molecule has 0 aliphatic carbocycles. The van der Waals surface area contributed by atoms with Crippen molar-refractivity contribution in [1.29, 1.82) is 0 Å². The molecule has 3 heterocycles. The van der Waals surface area contributed by atoms with Gasteiger partial charge in [-0.3, -0.25) is 0 Å². The maximum atomic E-state index is 15.9. The minimum absolute atomic E-state index is 0.0594. The highest BCUT2D eigenvalue weighted by atomic mass is 19.2. The first-order chi connectivity index (χ1) is 11.6. The summed E-state index contributed by atoms with van der Waals surface area (Å²) < 4.78 is 34.5. The number of hydrogen-bond acceptors (Lipinski definition) is 0. The van der Waals surface area contributed by atoms with Gasteiger partial charge < -0.3 is 17.6 Å². The summed E-state index contributed by atoms with van der Waals surface area (Å²) >= 11 is 0. The molecule has 1 aromatic rings. The van der Waals surface area contributed by atoms with Gasteiger partial charge in [-0.25, -0.2) is 0 Å². The minimum atomic E-state index is -3.87. The lowest BCUT2D eigenvalue weighted by Crippen LogP contribution is -2.53. The van der Waals surface area contributed by atoms with Gasteiger partial charge in [0.15, 0.2) is 0 Å². The second kappa shape index (κ2) is 5.33. The van der Waals surface area contributed by atoms with E-state index in [2.05, 4.69) is 48.5 Å². The maximum Gasteiger partial charge on any atom is 0.736 e. The topological polar surface area (TPSA) is 7.94 Å². The molecule has 0 amide bonds. The zero-order chi connectivity index (χ0) is 20.0. The number of aromatic nitrogens is 1. The molecular formula is C21H33BF2N2. The van der Waals surface area contributed by atoms with Crippen molar-refractivity contribution in [2.24, 2.45) is 11.3 Å². The molecule has 0 N–H and O–H groups in total. The molecule has 1 atom stereocenters. The molecule has 144 valence electrons. The Balaban J connectivity index is 2.28. The predicted molar refractivity (Wildman–Crippen MR) is 106 cm³/mol. The Hall–Kier alpha value is -1.39. The van der Waals surface area contributed by atoms with Crippen molar-refractivity contribution in [2.45, 2.75) is 81.1 Å². The van der Waals surface area contributed by atoms with Gasteiger partial charge in [-0.05, 0) is 48.4 Å². The summed E-state index contributed by atoms with van der Waals surface area (Å²) in [6, 6.07) is 0. The number of nitrogens with zero attached hydrogens (tertiary/aromatic N) is 2. The van der Waals surface area contributed by atoms with Crippen LogP contribution >= 0.6 is 0 Å². The molecule has 0 spiro atoms. The largest absolute Gasteiger partial charge is 0.736 e. The number of allylic oxidation sites excluding steroid dienone is 2. The Bertz CT molecular complexity index is 858. The van der Waals surface area contributed by atoms with E-state index in [1.807, 2.05) is 20.8 Å². The van der Waals surface area contributed by atoms with Crippen molar-refractivity contribution in [3.8, 4) is 0 Å². The quantitative estimate of drug-likeness (QED) is 0.531. The highest BCUT2D eigenvalue weighted by Crippen LogP contribution is 2.45. The molecule has 2 aliphatic heterocycles. The lowest BCUT2D eigenvalue weighted by Gasteiger charge is -2.32. The standard InChI is InChI=1S/C21H33BF2N2/c1-12-16-11-17-13(2)19(21(8,9)10)15(4)26(17)22(23,24)25(16)14(3)18(12)20(5,6)7/h12H,11H2,1-10H3. The van der Waals surface area contributed by atoms with Crippen molar-refractivity contribution in [3.63, 3.8) is 0 Å². The molecule has 0 bridgehead atoms. The van der Waals surface area contributed by atoms with E-state index in [9.17, 15) is 0 Å². The van der Waals surface area contributed by atoms with Gasteiger partial charge >= 0.3 is 6.97 Å². The van der Waals surface area contributed by atoms with E-state index >= 15 is 8.63 Å². The van der Waals surface area contributed by atoms with Crippen molar-refractivity contribution < 1.29 is 13.1 Å². The first-order valence-electron chi connectivity index (χ1n) is 9.71. The van der Waals surface area contributed by atoms with Gasteiger partial charge in [0.05, 0.1) is 12.3 Å². The van der Waals surface area contributed by atoms with Gasteiger partial charge in [-0.2, -0.15) is 0 Å². The minimum Gasteiger partial charge on any atom is -0.397 e. The third kappa shape index (κ3) is 2.38. The van der Waals surface area contributed by atoms with Gasteiger partial charge in [0.2, 0.25) is 0 Å². The summed E-state index contributed by atoms with van der Waals surface area (Å²) in [4.78, 5) is 0. The molecule has 0 aromatic carbocycles. The van der Waals surface area contributed by atoms with Gasteiger partial charge in [0, 0.05) is 18.2 Å². The molecule has 1 aromatic heterocycles. The van der Waals surface area contributed by atoms with Crippen LogP contribution in [-0.2, 0) is 11.8 Å². The zero-order valence-electron chi connectivity index (χ0n) is 18.0. The molecule has 0 saturated carbocycles. The van der Waals surface area contributed by atoms with Crippen LogP contribution in [0.3, 0.4) is 0 Å². The second-order valence-corrected chi connectivity index (χ2v) is 10.2. The van der Waals surface area contributed by atoms with E-state index in [0.29, 0.717) is 6.42 Å². The fraction of sp³-hybridized carbons (Fsp3) is 0.667. The smallest absolute Gasteiger partial charge is 0.397 e. The first-order valence-corrected chi connectivity index (χ1v) is 9.71. The second-order valence-electron chi connectivity index (χ2n) is 10.2. The van der Waals surface area contributed by atoms with Crippen LogP contribution in [0, 0.1) is 25.2 Å². The third-order valence-corrected chi connectivity index (χ3v) is 6.34. The molecule has 0 radical (unpaired) electrons. The molecule has 1 unspecified atom stereocenters. The van der Waals surface area contributed by atoms with Gasteiger partial charge in [0.1, 0.15) is 11.4 Å². The molecule has 2 aliphatic rings. The Morgan fingerprint density at radius 1 is 1.00 bits per heavy atom. The Morgan fingerprint density at radius 3 is 2.00 bits per heavy atom. The van der Waals surface area contributed by atoms with E-state index < -0.39 is 6.97 Å². The van der Waals surface area contributed by atoms with E-state index in [-0.39, 0.29) is 16.7 Å². The maximum absolute atomic E-state index is 15.9. The molecule has 5 heteroatoms. The third-order valence-electron chi connectivity index (χ3n) is 6.34. The van der Waals surface area contributed by atoms with Crippen LogP contribution in [0.4, 0.5) is 8.63 Å². The van der Waals surface area contributed by atoms with Crippen LogP contribution in [0.15, 0.2) is 11.3 Å². The molecular weight excluding hydrogens is 329 g/mol. The summed E-state index contributed by atoms with van der Waals surface area (Å²) in [6.07, 6.45) is 0.609. The van der Waals surface area contributed by atoms with Crippen LogP contribution in [0.25, 0.3) is 0 Å². The summed E-state index contributed by atoms with van der Waals surface area (Å²) in [6.45, 7) is 16.7. The number of halogens is 2. The van der Waals surface area contributed by atoms with Crippen LogP contribution in [0.1, 0.15) is 77.9 Å². The van der Waals surface area contributed by atoms with E-state index in [0.717, 1.165) is 39.5 Å². The predicted octanol–water partition coefficient (Wildman–Crippen LogP) is 5.60. The monoisotopic (exact) mass is 362 g/mol. The van der Waals surface area contributed by atoms with E-state index in [1.54, 1.807) is 0 Å². The molecule has 26 heavy (non-hydrogen) atoms. The summed E-state index contributed by atoms with van der Waals surface area (Å²) in [7, 11) is 0. The number of rotatable bonds is 0. The van der Waals surface area contributed by atoms with Crippen LogP contribution in [0.5, 0.6) is 0 Å². The molecule has 0 saturated heterocycles. The highest BCUT2D eigenvalue weighted by molar-refractivity contribution is 6.58. The molecule has 2 nitrogen and oxygen atoms in total. The summed E-state index contributed by atoms with van der Waals surface area (Å²) in [5.74, 6) is 0.0594. The van der Waals surface area contributed by atoms with Crippen molar-refractivity contribution in [1.82, 2.24) is 4.48 Å². The van der Waals surface area contributed by atoms with Crippen LogP contribution in [0.2, 0.25) is 0 Å². The SMILES string of the molecule is CC1=C(C(C)(C)C)C(C)C2=[N+]1[B-](F)(F)n1c(C)c(C(C)(C)C)c(C)c1C2. The van der Waals surface area contributed by atoms with Crippen molar-refractivity contribution in [3.05, 3.63) is 33.8 Å². The molecule has 0 fully saturated rings. The average Bonchev–Trinajstić information content (AvgIpc) is 2.82. The normalized spacial score (nSPS) is 22.8. The molecule has 3 rings (SSSR count). The van der Waals surface area contributed by atoms with E-state index in [4.69, 9.17) is 0 Å². The highest BCUT2D eigenvalue weighted by Gasteiger charge is 2.57. The van der Waals surface area contributed by atoms with Gasteiger partial charge in [-0.15, -0.1) is 0 Å². The lowest BCUT2D eigenvalue weighted by molar-refractivity contribution is -0.372. The number of hydrogen-bond donors (Lipinski definition) is 0. The summed E-state index contributed by atoms with van der Waals surface area (Å²) in [5, 5.41) is 0.